The Hall–Kier alpha value is -0.160. The number of rotatable bonds is 6. The fourth-order valence-corrected chi connectivity index (χ4v) is 2.26. The average molecular weight is 230 g/mol. The number of piperazine rings is 1. The van der Waals surface area contributed by atoms with Gasteiger partial charge in [0.05, 0.1) is 19.3 Å². The minimum atomic E-state index is 0.407. The third-order valence-electron chi connectivity index (χ3n) is 3.31. The predicted molar refractivity (Wildman–Crippen MR) is 65.8 cm³/mol. The van der Waals surface area contributed by atoms with E-state index in [-0.39, 0.29) is 0 Å². The molecule has 0 aliphatic carbocycles. The predicted octanol–water partition coefficient (Wildman–Crippen LogP) is 0.674. The van der Waals surface area contributed by atoms with Crippen LogP contribution in [-0.2, 0) is 9.47 Å². The lowest BCUT2D eigenvalue weighted by atomic mass is 10.2. The van der Waals surface area contributed by atoms with Crippen molar-refractivity contribution >= 4 is 0 Å². The number of hydrogen-bond donors (Lipinski definition) is 0. The molecule has 0 amide bonds. The Morgan fingerprint density at radius 3 is 1.69 bits per heavy atom. The fourth-order valence-electron chi connectivity index (χ4n) is 2.26. The summed E-state index contributed by atoms with van der Waals surface area (Å²) in [4.78, 5) is 5.00. The Balaban J connectivity index is 2.37. The highest BCUT2D eigenvalue weighted by molar-refractivity contribution is 4.79. The summed E-state index contributed by atoms with van der Waals surface area (Å²) in [7, 11) is 3.51. The lowest BCUT2D eigenvalue weighted by molar-refractivity contribution is 0.00551. The molecule has 1 heterocycles. The van der Waals surface area contributed by atoms with E-state index in [0.717, 1.165) is 39.4 Å². The second-order valence-corrected chi connectivity index (χ2v) is 4.73. The van der Waals surface area contributed by atoms with E-state index >= 15 is 0 Å². The zero-order valence-electron chi connectivity index (χ0n) is 11.1. The maximum atomic E-state index is 5.25. The molecule has 0 saturated carbocycles. The van der Waals surface area contributed by atoms with E-state index in [2.05, 4.69) is 23.6 Å². The molecular formula is C12H26N2O2. The van der Waals surface area contributed by atoms with Crippen molar-refractivity contribution in [3.8, 4) is 0 Å². The number of nitrogens with zero attached hydrogens (tertiary/aromatic N) is 2. The molecule has 0 atom stereocenters. The molecule has 0 spiro atoms. The number of ether oxygens (including phenoxy) is 2. The van der Waals surface area contributed by atoms with Crippen LogP contribution in [0.25, 0.3) is 0 Å². The molecule has 1 saturated heterocycles. The summed E-state index contributed by atoms with van der Waals surface area (Å²) in [6, 6.07) is 1.06. The minimum absolute atomic E-state index is 0.407. The van der Waals surface area contributed by atoms with Gasteiger partial charge in [-0.2, -0.15) is 0 Å². The highest BCUT2D eigenvalue weighted by Crippen LogP contribution is 2.09. The Kier molecular flexibility index (Phi) is 6.28. The van der Waals surface area contributed by atoms with Gasteiger partial charge in [0.2, 0.25) is 0 Å². The van der Waals surface area contributed by atoms with Crippen LogP contribution < -0.4 is 0 Å². The summed E-state index contributed by atoms with van der Waals surface area (Å²) in [6.45, 7) is 10.6. The molecule has 16 heavy (non-hydrogen) atoms. The Labute approximate surface area is 99.5 Å². The van der Waals surface area contributed by atoms with Gasteiger partial charge >= 0.3 is 0 Å². The first kappa shape index (κ1) is 13.9. The van der Waals surface area contributed by atoms with Crippen molar-refractivity contribution in [1.29, 1.82) is 0 Å². The van der Waals surface area contributed by atoms with Gasteiger partial charge in [-0.15, -0.1) is 0 Å². The highest BCUT2D eigenvalue weighted by Gasteiger charge is 2.24. The van der Waals surface area contributed by atoms with Crippen LogP contribution in [0.15, 0.2) is 0 Å². The minimum Gasteiger partial charge on any atom is -0.383 e. The molecule has 1 aliphatic rings. The third kappa shape index (κ3) is 4.01. The molecule has 4 nitrogen and oxygen atoms in total. The second kappa shape index (κ2) is 7.22. The van der Waals surface area contributed by atoms with Crippen LogP contribution in [0.2, 0.25) is 0 Å². The summed E-state index contributed by atoms with van der Waals surface area (Å²) in [5, 5.41) is 0. The summed E-state index contributed by atoms with van der Waals surface area (Å²) in [5.41, 5.74) is 0. The Morgan fingerprint density at radius 1 is 0.875 bits per heavy atom. The average Bonchev–Trinajstić information content (AvgIpc) is 2.29. The molecule has 1 rings (SSSR count). The summed E-state index contributed by atoms with van der Waals surface area (Å²) < 4.78 is 10.5. The zero-order valence-corrected chi connectivity index (χ0v) is 11.1. The SMILES string of the molecule is COCC(COC)N1CCN(C(C)C)CC1. The monoisotopic (exact) mass is 230 g/mol. The van der Waals surface area contributed by atoms with Crippen LogP contribution in [0, 0.1) is 0 Å². The maximum absolute atomic E-state index is 5.25. The highest BCUT2D eigenvalue weighted by atomic mass is 16.5. The largest absolute Gasteiger partial charge is 0.383 e. The van der Waals surface area contributed by atoms with Crippen molar-refractivity contribution < 1.29 is 9.47 Å². The fraction of sp³-hybridized carbons (Fsp3) is 1.00. The molecule has 0 N–H and O–H groups in total. The van der Waals surface area contributed by atoms with Crippen LogP contribution in [-0.4, -0.2) is 75.5 Å². The van der Waals surface area contributed by atoms with Crippen molar-refractivity contribution in [2.45, 2.75) is 25.9 Å². The quantitative estimate of drug-likeness (QED) is 0.670. The van der Waals surface area contributed by atoms with E-state index in [1.54, 1.807) is 14.2 Å². The van der Waals surface area contributed by atoms with Crippen LogP contribution in [0.1, 0.15) is 13.8 Å². The number of hydrogen-bond acceptors (Lipinski definition) is 4. The van der Waals surface area contributed by atoms with Gasteiger partial charge in [0, 0.05) is 46.4 Å². The first-order chi connectivity index (χ1) is 7.69. The van der Waals surface area contributed by atoms with Crippen molar-refractivity contribution in [3.05, 3.63) is 0 Å². The molecule has 1 fully saturated rings. The van der Waals surface area contributed by atoms with Crippen LogP contribution in [0.3, 0.4) is 0 Å². The molecule has 96 valence electrons. The van der Waals surface area contributed by atoms with E-state index in [0.29, 0.717) is 12.1 Å². The van der Waals surface area contributed by atoms with Gasteiger partial charge in [-0.05, 0) is 13.8 Å². The third-order valence-corrected chi connectivity index (χ3v) is 3.31. The molecule has 4 heteroatoms. The van der Waals surface area contributed by atoms with E-state index < -0.39 is 0 Å². The first-order valence-corrected chi connectivity index (χ1v) is 6.15. The molecule has 0 radical (unpaired) electrons. The van der Waals surface area contributed by atoms with Crippen LogP contribution >= 0.6 is 0 Å². The van der Waals surface area contributed by atoms with Crippen molar-refractivity contribution in [1.82, 2.24) is 9.80 Å². The van der Waals surface area contributed by atoms with Crippen LogP contribution in [0.4, 0.5) is 0 Å². The van der Waals surface area contributed by atoms with E-state index in [9.17, 15) is 0 Å². The van der Waals surface area contributed by atoms with Crippen LogP contribution in [0.5, 0.6) is 0 Å². The summed E-state index contributed by atoms with van der Waals surface area (Å²) in [6.07, 6.45) is 0. The molecule has 0 aromatic carbocycles. The molecule has 0 aromatic heterocycles. The van der Waals surface area contributed by atoms with E-state index in [1.165, 1.54) is 0 Å². The van der Waals surface area contributed by atoms with E-state index in [1.807, 2.05) is 0 Å². The molecule has 0 bridgehead atoms. The van der Waals surface area contributed by atoms with Gasteiger partial charge in [-0.25, -0.2) is 0 Å². The second-order valence-electron chi connectivity index (χ2n) is 4.73. The Bertz CT molecular complexity index is 174. The van der Waals surface area contributed by atoms with E-state index in [4.69, 9.17) is 9.47 Å². The van der Waals surface area contributed by atoms with Gasteiger partial charge in [0.15, 0.2) is 0 Å². The molecule has 0 unspecified atom stereocenters. The molecular weight excluding hydrogens is 204 g/mol. The maximum Gasteiger partial charge on any atom is 0.0640 e. The zero-order chi connectivity index (χ0) is 12.0. The first-order valence-electron chi connectivity index (χ1n) is 6.15. The van der Waals surface area contributed by atoms with Gasteiger partial charge in [0.1, 0.15) is 0 Å². The summed E-state index contributed by atoms with van der Waals surface area (Å²) in [5.74, 6) is 0. The molecule has 1 aliphatic heterocycles. The normalized spacial score (nSPS) is 19.9. The number of methoxy groups -OCH3 is 2. The van der Waals surface area contributed by atoms with Crippen molar-refractivity contribution in [2.24, 2.45) is 0 Å². The summed E-state index contributed by atoms with van der Waals surface area (Å²) >= 11 is 0. The van der Waals surface area contributed by atoms with Gasteiger partial charge in [0.25, 0.3) is 0 Å². The van der Waals surface area contributed by atoms with Gasteiger partial charge in [-0.3, -0.25) is 9.80 Å². The topological polar surface area (TPSA) is 24.9 Å². The van der Waals surface area contributed by atoms with Gasteiger partial charge < -0.3 is 9.47 Å². The lowest BCUT2D eigenvalue weighted by Crippen LogP contribution is -2.54. The lowest BCUT2D eigenvalue weighted by Gasteiger charge is -2.40. The molecule has 0 aromatic rings. The smallest absolute Gasteiger partial charge is 0.0640 e. The van der Waals surface area contributed by atoms with Gasteiger partial charge in [-0.1, -0.05) is 0 Å². The van der Waals surface area contributed by atoms with Crippen molar-refractivity contribution in [3.63, 3.8) is 0 Å². The van der Waals surface area contributed by atoms with Crippen molar-refractivity contribution in [2.75, 3.05) is 53.6 Å². The standard InChI is InChI=1S/C12H26N2O2/c1-11(2)13-5-7-14(8-6-13)12(9-15-3)10-16-4/h11-12H,5-10H2,1-4H3. The Morgan fingerprint density at radius 2 is 1.31 bits per heavy atom.